The lowest BCUT2D eigenvalue weighted by Crippen LogP contribution is -2.00. The predicted octanol–water partition coefficient (Wildman–Crippen LogP) is 3.73. The van der Waals surface area contributed by atoms with E-state index in [-0.39, 0.29) is 12.0 Å². The maximum absolute atomic E-state index is 12.5. The van der Waals surface area contributed by atoms with Crippen LogP contribution < -0.4 is 0 Å². The Morgan fingerprint density at radius 1 is 1.08 bits per heavy atom. The normalized spacial score (nSPS) is 11.1. The van der Waals surface area contributed by atoms with Gasteiger partial charge in [0, 0.05) is 36.3 Å². The van der Waals surface area contributed by atoms with Crippen molar-refractivity contribution in [2.45, 2.75) is 19.3 Å². The van der Waals surface area contributed by atoms with Gasteiger partial charge in [0.2, 0.25) is 6.43 Å². The lowest BCUT2D eigenvalue weighted by Gasteiger charge is -2.06. The molecule has 0 radical (unpaired) electrons. The molecule has 1 N–H and O–H groups in total. The van der Waals surface area contributed by atoms with Crippen LogP contribution in [-0.4, -0.2) is 27.5 Å². The van der Waals surface area contributed by atoms with E-state index in [9.17, 15) is 13.6 Å². The SMILES string of the molecule is O=C(O)c1ccnc(Cc2ccc3ncc(CC(F)F)cc3c2)c1. The highest BCUT2D eigenvalue weighted by molar-refractivity contribution is 5.87. The molecule has 24 heavy (non-hydrogen) atoms. The van der Waals surface area contributed by atoms with Gasteiger partial charge in [0.05, 0.1) is 11.1 Å². The number of fused-ring (bicyclic) bond motifs is 1. The van der Waals surface area contributed by atoms with E-state index in [1.54, 1.807) is 6.07 Å². The number of halogens is 2. The molecule has 6 heteroatoms. The number of aromatic carboxylic acids is 1. The molecule has 0 spiro atoms. The van der Waals surface area contributed by atoms with E-state index in [0.29, 0.717) is 17.7 Å². The fourth-order valence-corrected chi connectivity index (χ4v) is 2.54. The summed E-state index contributed by atoms with van der Waals surface area (Å²) in [6.45, 7) is 0. The first kappa shape index (κ1) is 16.0. The molecule has 0 aliphatic rings. The number of benzene rings is 1. The number of nitrogens with zero attached hydrogens (tertiary/aromatic N) is 2. The Hall–Kier alpha value is -2.89. The van der Waals surface area contributed by atoms with E-state index in [1.807, 2.05) is 18.2 Å². The van der Waals surface area contributed by atoms with Crippen LogP contribution in [0.1, 0.15) is 27.2 Å². The van der Waals surface area contributed by atoms with Crippen LogP contribution in [-0.2, 0) is 12.8 Å². The first-order valence-electron chi connectivity index (χ1n) is 7.35. The van der Waals surface area contributed by atoms with Gasteiger partial charge in [-0.2, -0.15) is 0 Å². The molecule has 0 fully saturated rings. The van der Waals surface area contributed by atoms with E-state index in [2.05, 4.69) is 9.97 Å². The number of hydrogen-bond acceptors (Lipinski definition) is 3. The van der Waals surface area contributed by atoms with E-state index in [1.165, 1.54) is 24.5 Å². The summed E-state index contributed by atoms with van der Waals surface area (Å²) < 4.78 is 25.0. The standard InChI is InChI=1S/C18H14F2N2O2/c19-17(20)8-12-6-14-5-11(1-2-16(14)22-10-12)7-15-9-13(18(23)24)3-4-21-15/h1-6,9-10,17H,7-8H2,(H,23,24). The maximum Gasteiger partial charge on any atom is 0.335 e. The molecule has 0 unspecified atom stereocenters. The Morgan fingerprint density at radius 2 is 1.88 bits per heavy atom. The largest absolute Gasteiger partial charge is 0.478 e. The summed E-state index contributed by atoms with van der Waals surface area (Å²) in [5.74, 6) is -1.00. The molecule has 2 heterocycles. The van der Waals surface area contributed by atoms with Crippen molar-refractivity contribution in [2.75, 3.05) is 0 Å². The average Bonchev–Trinajstić information content (AvgIpc) is 2.54. The number of pyridine rings is 2. The highest BCUT2D eigenvalue weighted by Crippen LogP contribution is 2.19. The van der Waals surface area contributed by atoms with Crippen LogP contribution >= 0.6 is 0 Å². The first-order valence-corrected chi connectivity index (χ1v) is 7.35. The highest BCUT2D eigenvalue weighted by Gasteiger charge is 2.08. The van der Waals surface area contributed by atoms with Gasteiger partial charge in [-0.25, -0.2) is 13.6 Å². The van der Waals surface area contributed by atoms with Gasteiger partial charge >= 0.3 is 5.97 Å². The van der Waals surface area contributed by atoms with Crippen LogP contribution in [0.3, 0.4) is 0 Å². The number of carboxylic acids is 1. The molecular formula is C18H14F2N2O2. The summed E-state index contributed by atoms with van der Waals surface area (Å²) in [7, 11) is 0. The molecule has 3 aromatic rings. The van der Waals surface area contributed by atoms with E-state index in [0.717, 1.165) is 16.5 Å². The number of aromatic nitrogens is 2. The molecule has 2 aromatic heterocycles. The fourth-order valence-electron chi connectivity index (χ4n) is 2.54. The fraction of sp³-hybridized carbons (Fsp3) is 0.167. The molecule has 0 aliphatic heterocycles. The first-order chi connectivity index (χ1) is 11.5. The maximum atomic E-state index is 12.5. The van der Waals surface area contributed by atoms with Crippen molar-refractivity contribution in [1.29, 1.82) is 0 Å². The molecule has 0 saturated heterocycles. The minimum Gasteiger partial charge on any atom is -0.478 e. The summed E-state index contributed by atoms with van der Waals surface area (Å²) in [5.41, 5.74) is 2.94. The quantitative estimate of drug-likeness (QED) is 0.775. The Kier molecular flexibility index (Phi) is 4.46. The van der Waals surface area contributed by atoms with Gasteiger partial charge in [0.15, 0.2) is 0 Å². The van der Waals surface area contributed by atoms with E-state index < -0.39 is 12.4 Å². The van der Waals surface area contributed by atoms with Gasteiger partial charge in [0.25, 0.3) is 0 Å². The second kappa shape index (κ2) is 6.70. The van der Waals surface area contributed by atoms with Crippen molar-refractivity contribution in [1.82, 2.24) is 9.97 Å². The molecule has 0 atom stereocenters. The molecule has 1 aromatic carbocycles. The van der Waals surface area contributed by atoms with Gasteiger partial charge in [-0.1, -0.05) is 6.07 Å². The van der Waals surface area contributed by atoms with Gasteiger partial charge < -0.3 is 5.11 Å². The van der Waals surface area contributed by atoms with Gasteiger partial charge in [-0.05, 0) is 41.5 Å². The van der Waals surface area contributed by atoms with Crippen LogP contribution in [0.2, 0.25) is 0 Å². The number of carboxylic acid groups (broad SMARTS) is 1. The number of carbonyl (C=O) groups is 1. The topological polar surface area (TPSA) is 63.1 Å². The molecule has 3 rings (SSSR count). The van der Waals surface area contributed by atoms with E-state index in [4.69, 9.17) is 5.11 Å². The highest BCUT2D eigenvalue weighted by atomic mass is 19.3. The summed E-state index contributed by atoms with van der Waals surface area (Å²) in [4.78, 5) is 19.4. The Labute approximate surface area is 136 Å². The third-order valence-corrected chi connectivity index (χ3v) is 3.64. The Balaban J connectivity index is 1.89. The number of alkyl halides is 2. The molecule has 0 saturated carbocycles. The zero-order valence-corrected chi connectivity index (χ0v) is 12.6. The number of hydrogen-bond donors (Lipinski definition) is 1. The smallest absolute Gasteiger partial charge is 0.335 e. The van der Waals surface area contributed by atoms with Gasteiger partial charge in [0.1, 0.15) is 0 Å². The predicted molar refractivity (Wildman–Crippen MR) is 85.5 cm³/mol. The van der Waals surface area contributed by atoms with Crippen molar-refractivity contribution in [3.05, 3.63) is 71.2 Å². The summed E-state index contributed by atoms with van der Waals surface area (Å²) in [6.07, 6.45) is 0.648. The molecule has 0 bridgehead atoms. The minimum absolute atomic E-state index is 0.182. The second-order valence-electron chi connectivity index (χ2n) is 5.48. The van der Waals surface area contributed by atoms with Crippen molar-refractivity contribution < 1.29 is 18.7 Å². The number of rotatable bonds is 5. The summed E-state index contributed by atoms with van der Waals surface area (Å²) in [6, 6.07) is 10.2. The van der Waals surface area contributed by atoms with Gasteiger partial charge in [-0.3, -0.25) is 9.97 Å². The molecule has 0 aliphatic carbocycles. The van der Waals surface area contributed by atoms with Gasteiger partial charge in [-0.15, -0.1) is 0 Å². The van der Waals surface area contributed by atoms with Crippen molar-refractivity contribution in [3.63, 3.8) is 0 Å². The van der Waals surface area contributed by atoms with Crippen molar-refractivity contribution >= 4 is 16.9 Å². The second-order valence-corrected chi connectivity index (χ2v) is 5.48. The van der Waals surface area contributed by atoms with Crippen LogP contribution in [0.15, 0.2) is 48.8 Å². The van der Waals surface area contributed by atoms with Crippen molar-refractivity contribution in [3.8, 4) is 0 Å². The molecule has 122 valence electrons. The lowest BCUT2D eigenvalue weighted by atomic mass is 10.0. The van der Waals surface area contributed by atoms with Crippen LogP contribution in [0.5, 0.6) is 0 Å². The molecule has 4 nitrogen and oxygen atoms in total. The Bertz CT molecular complexity index is 897. The molecule has 0 amide bonds. The Morgan fingerprint density at radius 3 is 2.62 bits per heavy atom. The average molecular weight is 328 g/mol. The van der Waals surface area contributed by atoms with Crippen LogP contribution in [0, 0.1) is 0 Å². The van der Waals surface area contributed by atoms with Crippen LogP contribution in [0.4, 0.5) is 8.78 Å². The third-order valence-electron chi connectivity index (χ3n) is 3.64. The van der Waals surface area contributed by atoms with Crippen molar-refractivity contribution in [2.24, 2.45) is 0 Å². The summed E-state index contributed by atoms with van der Waals surface area (Å²) >= 11 is 0. The third kappa shape index (κ3) is 3.71. The lowest BCUT2D eigenvalue weighted by molar-refractivity contribution is 0.0696. The minimum atomic E-state index is -2.41. The zero-order chi connectivity index (χ0) is 17.1. The summed E-state index contributed by atoms with van der Waals surface area (Å²) in [5, 5.41) is 9.80. The van der Waals surface area contributed by atoms with E-state index >= 15 is 0 Å². The monoisotopic (exact) mass is 328 g/mol. The molecular weight excluding hydrogens is 314 g/mol. The zero-order valence-electron chi connectivity index (χ0n) is 12.6. The van der Waals surface area contributed by atoms with Crippen LogP contribution in [0.25, 0.3) is 10.9 Å².